The van der Waals surface area contributed by atoms with Crippen molar-refractivity contribution in [3.8, 4) is 0 Å². The fraction of sp³-hybridized carbons (Fsp3) is 0.300. The smallest absolute Gasteiger partial charge is 0.314 e. The van der Waals surface area contributed by atoms with Crippen LogP contribution in [0.25, 0.3) is 0 Å². The van der Waals surface area contributed by atoms with E-state index in [9.17, 15) is 14.9 Å². The van der Waals surface area contributed by atoms with E-state index >= 15 is 0 Å². The minimum Gasteiger partial charge on any atom is -0.481 e. The van der Waals surface area contributed by atoms with Crippen LogP contribution >= 0.6 is 0 Å². The highest BCUT2D eigenvalue weighted by Gasteiger charge is 2.52. The van der Waals surface area contributed by atoms with E-state index in [0.29, 0.717) is 18.4 Å². The van der Waals surface area contributed by atoms with Crippen LogP contribution in [0.3, 0.4) is 0 Å². The zero-order valence-corrected chi connectivity index (χ0v) is 7.84. The van der Waals surface area contributed by atoms with E-state index < -0.39 is 16.3 Å². The maximum absolute atomic E-state index is 11.0. The summed E-state index contributed by atoms with van der Waals surface area (Å²) in [7, 11) is 0. The number of hydrogen-bond donors (Lipinski definition) is 1. The van der Waals surface area contributed by atoms with E-state index in [1.165, 1.54) is 18.2 Å². The quantitative estimate of drug-likeness (QED) is 0.604. The van der Waals surface area contributed by atoms with Gasteiger partial charge < -0.3 is 5.11 Å². The van der Waals surface area contributed by atoms with Gasteiger partial charge in [0, 0.05) is 12.1 Å². The number of non-ortho nitro benzene ring substituents is 1. The minimum absolute atomic E-state index is 0.0555. The van der Waals surface area contributed by atoms with E-state index in [-0.39, 0.29) is 5.69 Å². The Morgan fingerprint density at radius 2 is 2.13 bits per heavy atom. The van der Waals surface area contributed by atoms with E-state index in [0.717, 1.165) is 0 Å². The number of carboxylic acids is 1. The average molecular weight is 207 g/mol. The molecule has 78 valence electrons. The van der Waals surface area contributed by atoms with Crippen molar-refractivity contribution in [1.29, 1.82) is 0 Å². The third kappa shape index (κ3) is 1.45. The van der Waals surface area contributed by atoms with E-state index in [1.54, 1.807) is 6.07 Å². The molecule has 0 heterocycles. The molecule has 0 unspecified atom stereocenters. The number of rotatable bonds is 3. The largest absolute Gasteiger partial charge is 0.481 e. The van der Waals surface area contributed by atoms with Gasteiger partial charge in [-0.25, -0.2) is 0 Å². The van der Waals surface area contributed by atoms with Gasteiger partial charge in [-0.1, -0.05) is 12.1 Å². The van der Waals surface area contributed by atoms with Crippen molar-refractivity contribution in [2.45, 2.75) is 18.3 Å². The second-order valence-corrected chi connectivity index (χ2v) is 3.69. The topological polar surface area (TPSA) is 80.4 Å². The van der Waals surface area contributed by atoms with Crippen molar-refractivity contribution in [3.63, 3.8) is 0 Å². The zero-order valence-electron chi connectivity index (χ0n) is 7.84. The van der Waals surface area contributed by atoms with Gasteiger partial charge in [0.1, 0.15) is 0 Å². The van der Waals surface area contributed by atoms with Gasteiger partial charge >= 0.3 is 5.97 Å². The fourth-order valence-electron chi connectivity index (χ4n) is 1.67. The average Bonchev–Trinajstić information content (AvgIpc) is 2.98. The SMILES string of the molecule is O=C(O)C1(c2cccc([N+](=O)[O-])c2)CC1. The third-order valence-corrected chi connectivity index (χ3v) is 2.77. The number of nitrogens with zero attached hydrogens (tertiary/aromatic N) is 1. The second-order valence-electron chi connectivity index (χ2n) is 3.69. The van der Waals surface area contributed by atoms with Gasteiger partial charge in [-0.2, -0.15) is 0 Å². The molecular weight excluding hydrogens is 198 g/mol. The molecule has 5 nitrogen and oxygen atoms in total. The Morgan fingerprint density at radius 3 is 2.60 bits per heavy atom. The molecule has 5 heteroatoms. The zero-order chi connectivity index (χ0) is 11.1. The van der Waals surface area contributed by atoms with E-state index in [4.69, 9.17) is 5.11 Å². The Morgan fingerprint density at radius 1 is 1.47 bits per heavy atom. The Bertz CT molecular complexity index is 437. The molecule has 0 bridgehead atoms. The van der Waals surface area contributed by atoms with Crippen LogP contribution in [0.4, 0.5) is 5.69 Å². The lowest BCUT2D eigenvalue weighted by Crippen LogP contribution is -2.19. The first-order valence-electron chi connectivity index (χ1n) is 4.54. The first kappa shape index (κ1) is 9.64. The van der Waals surface area contributed by atoms with Gasteiger partial charge in [0.15, 0.2) is 0 Å². The minimum atomic E-state index is -0.900. The van der Waals surface area contributed by atoms with Gasteiger partial charge in [0.25, 0.3) is 5.69 Å². The predicted molar refractivity (Wildman–Crippen MR) is 51.6 cm³/mol. The highest BCUT2D eigenvalue weighted by Crippen LogP contribution is 2.48. The molecule has 1 N–H and O–H groups in total. The molecule has 1 aliphatic carbocycles. The molecule has 0 aliphatic heterocycles. The van der Waals surface area contributed by atoms with Gasteiger partial charge in [0.2, 0.25) is 0 Å². The Hall–Kier alpha value is -1.91. The molecule has 0 spiro atoms. The van der Waals surface area contributed by atoms with Crippen LogP contribution in [-0.2, 0) is 10.2 Å². The molecule has 15 heavy (non-hydrogen) atoms. The van der Waals surface area contributed by atoms with Gasteiger partial charge in [-0.15, -0.1) is 0 Å². The Balaban J connectivity index is 2.42. The summed E-state index contributed by atoms with van der Waals surface area (Å²) in [5.74, 6) is -0.900. The van der Waals surface area contributed by atoms with Gasteiger partial charge in [-0.3, -0.25) is 14.9 Å². The van der Waals surface area contributed by atoms with Crippen molar-refractivity contribution in [2.24, 2.45) is 0 Å². The summed E-state index contributed by atoms with van der Waals surface area (Å²) in [4.78, 5) is 21.0. The summed E-state index contributed by atoms with van der Waals surface area (Å²) < 4.78 is 0. The molecule has 0 radical (unpaired) electrons. The van der Waals surface area contributed by atoms with E-state index in [2.05, 4.69) is 0 Å². The van der Waals surface area contributed by atoms with Crippen LogP contribution in [0, 0.1) is 10.1 Å². The van der Waals surface area contributed by atoms with E-state index in [1.807, 2.05) is 0 Å². The summed E-state index contributed by atoms with van der Waals surface area (Å²) >= 11 is 0. The molecule has 0 saturated heterocycles. The number of carbonyl (C=O) groups is 1. The number of carboxylic acid groups (broad SMARTS) is 1. The highest BCUT2D eigenvalue weighted by atomic mass is 16.6. The van der Waals surface area contributed by atoms with Gasteiger partial charge in [-0.05, 0) is 18.4 Å². The first-order chi connectivity index (χ1) is 7.06. The molecular formula is C10H9NO4. The number of benzene rings is 1. The standard InChI is InChI=1S/C10H9NO4/c12-9(13)10(4-5-10)7-2-1-3-8(6-7)11(14)15/h1-3,6H,4-5H2,(H,12,13). The normalized spacial score (nSPS) is 17.1. The Kier molecular flexibility index (Phi) is 1.96. The summed E-state index contributed by atoms with van der Waals surface area (Å²) in [5.41, 5.74) is -0.393. The fourth-order valence-corrected chi connectivity index (χ4v) is 1.67. The lowest BCUT2D eigenvalue weighted by Gasteiger charge is -2.08. The first-order valence-corrected chi connectivity index (χ1v) is 4.54. The second kappa shape index (κ2) is 3.05. The van der Waals surface area contributed by atoms with Crippen molar-refractivity contribution < 1.29 is 14.8 Å². The van der Waals surface area contributed by atoms with Crippen LogP contribution in [0.5, 0.6) is 0 Å². The highest BCUT2D eigenvalue weighted by molar-refractivity contribution is 5.85. The summed E-state index contributed by atoms with van der Waals surface area (Å²) in [6.07, 6.45) is 1.12. The molecule has 1 fully saturated rings. The van der Waals surface area contributed by atoms with Gasteiger partial charge in [0.05, 0.1) is 10.3 Å². The molecule has 0 aromatic heterocycles. The van der Waals surface area contributed by atoms with Crippen LogP contribution in [0.2, 0.25) is 0 Å². The van der Waals surface area contributed by atoms with Crippen LogP contribution < -0.4 is 0 Å². The molecule has 0 amide bonds. The summed E-state index contributed by atoms with van der Waals surface area (Å²) in [5, 5.41) is 19.5. The number of nitro benzene ring substituents is 1. The third-order valence-electron chi connectivity index (χ3n) is 2.77. The molecule has 1 aromatic carbocycles. The number of aliphatic carboxylic acids is 1. The summed E-state index contributed by atoms with van der Waals surface area (Å²) in [6.45, 7) is 0. The molecule has 1 aromatic rings. The summed E-state index contributed by atoms with van der Waals surface area (Å²) in [6, 6.07) is 5.87. The lowest BCUT2D eigenvalue weighted by atomic mass is 9.96. The lowest BCUT2D eigenvalue weighted by molar-refractivity contribution is -0.384. The Labute approximate surface area is 85.5 Å². The van der Waals surface area contributed by atoms with Crippen molar-refractivity contribution in [3.05, 3.63) is 39.9 Å². The monoisotopic (exact) mass is 207 g/mol. The number of hydrogen-bond acceptors (Lipinski definition) is 3. The number of nitro groups is 1. The van der Waals surface area contributed by atoms with Crippen molar-refractivity contribution in [1.82, 2.24) is 0 Å². The maximum Gasteiger partial charge on any atom is 0.314 e. The van der Waals surface area contributed by atoms with Crippen molar-refractivity contribution >= 4 is 11.7 Å². The molecule has 0 atom stereocenters. The molecule has 2 rings (SSSR count). The van der Waals surface area contributed by atoms with Crippen LogP contribution in [-0.4, -0.2) is 16.0 Å². The van der Waals surface area contributed by atoms with Crippen molar-refractivity contribution in [2.75, 3.05) is 0 Å². The molecule has 1 saturated carbocycles. The molecule has 1 aliphatic rings. The maximum atomic E-state index is 11.0. The van der Waals surface area contributed by atoms with Crippen LogP contribution in [0.15, 0.2) is 24.3 Å². The predicted octanol–water partition coefficient (Wildman–Crippen LogP) is 1.71. The van der Waals surface area contributed by atoms with Crippen LogP contribution in [0.1, 0.15) is 18.4 Å².